The number of carbonyl (C=O) groups is 1. The van der Waals surface area contributed by atoms with Crippen molar-refractivity contribution in [2.24, 2.45) is 0 Å². The summed E-state index contributed by atoms with van der Waals surface area (Å²) in [6.07, 6.45) is 8.60. The van der Waals surface area contributed by atoms with E-state index in [1.165, 1.54) is 50.3 Å². The highest BCUT2D eigenvalue weighted by molar-refractivity contribution is 5.79. The van der Waals surface area contributed by atoms with Gasteiger partial charge in [-0.2, -0.15) is 0 Å². The van der Waals surface area contributed by atoms with Crippen molar-refractivity contribution in [1.29, 1.82) is 0 Å². The van der Waals surface area contributed by atoms with Crippen LogP contribution in [0.2, 0.25) is 0 Å². The number of hydrogen-bond donors (Lipinski definition) is 3. The first kappa shape index (κ1) is 17.3. The number of unbranched alkanes of at least 4 members (excludes halogenated alkanes) is 6. The Bertz CT molecular complexity index is 432. The number of carbonyl (C=O) groups excluding carboxylic acids is 1. The van der Waals surface area contributed by atoms with Crippen molar-refractivity contribution in [2.45, 2.75) is 58.3 Å². The van der Waals surface area contributed by atoms with Crippen molar-refractivity contribution >= 4 is 5.91 Å². The lowest BCUT2D eigenvalue weighted by atomic mass is 10.1. The van der Waals surface area contributed by atoms with E-state index < -0.39 is 0 Å². The van der Waals surface area contributed by atoms with Crippen LogP contribution in [0.5, 0.6) is 11.5 Å². The number of aromatic hydroxyl groups is 2. The maximum Gasteiger partial charge on any atom is 0.224 e. The zero-order chi connectivity index (χ0) is 15.5. The molecule has 0 unspecified atom stereocenters. The molecule has 1 amide bonds. The lowest BCUT2D eigenvalue weighted by molar-refractivity contribution is -0.120. The van der Waals surface area contributed by atoms with Crippen LogP contribution < -0.4 is 5.32 Å². The SMILES string of the molecule is CCCCCCCCCNC(=O)Cc1cc(O)ccc1O. The maximum atomic E-state index is 11.7. The third kappa shape index (κ3) is 7.59. The number of rotatable bonds is 10. The number of benzene rings is 1. The van der Waals surface area contributed by atoms with Gasteiger partial charge in [0.25, 0.3) is 0 Å². The number of amides is 1. The molecule has 4 heteroatoms. The number of hydrogen-bond acceptors (Lipinski definition) is 3. The summed E-state index contributed by atoms with van der Waals surface area (Å²) in [5, 5.41) is 21.8. The summed E-state index contributed by atoms with van der Waals surface area (Å²) in [5.74, 6) is -0.0246. The molecule has 4 nitrogen and oxygen atoms in total. The van der Waals surface area contributed by atoms with Gasteiger partial charge in [0.2, 0.25) is 5.91 Å². The Kier molecular flexibility index (Phi) is 8.32. The normalized spacial score (nSPS) is 10.5. The molecular formula is C17H27NO3. The van der Waals surface area contributed by atoms with Crippen LogP contribution in [0.4, 0.5) is 0 Å². The van der Waals surface area contributed by atoms with Crippen molar-refractivity contribution < 1.29 is 15.0 Å². The molecule has 0 heterocycles. The highest BCUT2D eigenvalue weighted by Gasteiger charge is 2.08. The molecule has 0 saturated carbocycles. The van der Waals surface area contributed by atoms with Gasteiger partial charge < -0.3 is 15.5 Å². The van der Waals surface area contributed by atoms with E-state index >= 15 is 0 Å². The van der Waals surface area contributed by atoms with Crippen molar-refractivity contribution in [2.75, 3.05) is 6.54 Å². The Morgan fingerprint density at radius 1 is 1.05 bits per heavy atom. The second-order valence-corrected chi connectivity index (χ2v) is 5.46. The van der Waals surface area contributed by atoms with E-state index in [2.05, 4.69) is 12.2 Å². The van der Waals surface area contributed by atoms with Gasteiger partial charge in [0.05, 0.1) is 6.42 Å². The summed E-state index contributed by atoms with van der Waals surface area (Å²) in [5.41, 5.74) is 0.451. The van der Waals surface area contributed by atoms with Gasteiger partial charge in [-0.05, 0) is 24.6 Å². The number of nitrogens with one attached hydrogen (secondary N) is 1. The van der Waals surface area contributed by atoms with Crippen LogP contribution >= 0.6 is 0 Å². The topological polar surface area (TPSA) is 69.6 Å². The largest absolute Gasteiger partial charge is 0.508 e. The first-order chi connectivity index (χ1) is 10.1. The Morgan fingerprint density at radius 2 is 1.71 bits per heavy atom. The fourth-order valence-electron chi connectivity index (χ4n) is 2.26. The van der Waals surface area contributed by atoms with Crippen LogP contribution in [-0.2, 0) is 11.2 Å². The average molecular weight is 293 g/mol. The van der Waals surface area contributed by atoms with Crippen LogP contribution in [0, 0.1) is 0 Å². The molecule has 0 aliphatic rings. The lowest BCUT2D eigenvalue weighted by Crippen LogP contribution is -2.26. The van der Waals surface area contributed by atoms with Crippen molar-refractivity contribution in [3.05, 3.63) is 23.8 Å². The predicted molar refractivity (Wildman–Crippen MR) is 84.5 cm³/mol. The Labute approximate surface area is 127 Å². The van der Waals surface area contributed by atoms with Gasteiger partial charge in [-0.3, -0.25) is 4.79 Å². The molecule has 3 N–H and O–H groups in total. The Balaban J connectivity index is 2.13. The van der Waals surface area contributed by atoms with E-state index in [4.69, 9.17) is 0 Å². The molecule has 21 heavy (non-hydrogen) atoms. The molecule has 0 spiro atoms. The van der Waals surface area contributed by atoms with Crippen LogP contribution in [-0.4, -0.2) is 22.7 Å². The average Bonchev–Trinajstić information content (AvgIpc) is 2.46. The zero-order valence-corrected chi connectivity index (χ0v) is 12.9. The predicted octanol–water partition coefficient (Wildman–Crippen LogP) is 3.51. The van der Waals surface area contributed by atoms with Gasteiger partial charge in [0.1, 0.15) is 11.5 Å². The smallest absolute Gasteiger partial charge is 0.224 e. The van der Waals surface area contributed by atoms with E-state index in [9.17, 15) is 15.0 Å². The summed E-state index contributed by atoms with van der Waals surface area (Å²) < 4.78 is 0. The zero-order valence-electron chi connectivity index (χ0n) is 12.9. The molecular weight excluding hydrogens is 266 g/mol. The van der Waals surface area contributed by atoms with Gasteiger partial charge in [0, 0.05) is 12.1 Å². The van der Waals surface area contributed by atoms with Crippen molar-refractivity contribution in [3.63, 3.8) is 0 Å². The second kappa shape index (κ2) is 10.1. The molecule has 118 valence electrons. The molecule has 0 aliphatic carbocycles. The van der Waals surface area contributed by atoms with Gasteiger partial charge in [-0.15, -0.1) is 0 Å². The van der Waals surface area contributed by atoms with E-state index in [-0.39, 0.29) is 23.8 Å². The first-order valence-electron chi connectivity index (χ1n) is 7.91. The van der Waals surface area contributed by atoms with Crippen LogP contribution in [0.25, 0.3) is 0 Å². The highest BCUT2D eigenvalue weighted by atomic mass is 16.3. The molecule has 1 rings (SSSR count). The minimum atomic E-state index is -0.123. The summed E-state index contributed by atoms with van der Waals surface area (Å²) >= 11 is 0. The molecule has 0 bridgehead atoms. The summed E-state index contributed by atoms with van der Waals surface area (Å²) in [6.45, 7) is 2.88. The van der Waals surface area contributed by atoms with E-state index in [1.807, 2.05) is 0 Å². The van der Waals surface area contributed by atoms with Crippen LogP contribution in [0.15, 0.2) is 18.2 Å². The molecule has 0 aromatic heterocycles. The summed E-state index contributed by atoms with van der Waals surface area (Å²) in [6, 6.07) is 4.21. The number of phenolic OH excluding ortho intramolecular Hbond substituents is 2. The molecule has 0 saturated heterocycles. The molecule has 0 radical (unpaired) electrons. The quantitative estimate of drug-likeness (QED) is 0.457. The summed E-state index contributed by atoms with van der Waals surface area (Å²) in [4.78, 5) is 11.7. The summed E-state index contributed by atoms with van der Waals surface area (Å²) in [7, 11) is 0. The third-order valence-electron chi connectivity index (χ3n) is 3.52. The standard InChI is InChI=1S/C17H27NO3/c1-2-3-4-5-6-7-8-11-18-17(21)13-14-12-15(19)9-10-16(14)20/h9-10,12,19-20H,2-8,11,13H2,1H3,(H,18,21). The Morgan fingerprint density at radius 3 is 2.43 bits per heavy atom. The number of phenols is 2. The van der Waals surface area contributed by atoms with Crippen molar-refractivity contribution in [3.8, 4) is 11.5 Å². The molecule has 0 fully saturated rings. The minimum absolute atomic E-state index is 0.0406. The van der Waals surface area contributed by atoms with E-state index in [1.54, 1.807) is 0 Å². The second-order valence-electron chi connectivity index (χ2n) is 5.46. The van der Waals surface area contributed by atoms with Gasteiger partial charge >= 0.3 is 0 Å². The third-order valence-corrected chi connectivity index (χ3v) is 3.52. The van der Waals surface area contributed by atoms with Crippen LogP contribution in [0.3, 0.4) is 0 Å². The van der Waals surface area contributed by atoms with Crippen molar-refractivity contribution in [1.82, 2.24) is 5.32 Å². The fraction of sp³-hybridized carbons (Fsp3) is 0.588. The molecule has 0 atom stereocenters. The van der Waals surface area contributed by atoms with Gasteiger partial charge in [0.15, 0.2) is 0 Å². The lowest BCUT2D eigenvalue weighted by Gasteiger charge is -2.07. The maximum absolute atomic E-state index is 11.7. The van der Waals surface area contributed by atoms with Gasteiger partial charge in [-0.1, -0.05) is 45.4 Å². The molecule has 1 aromatic carbocycles. The van der Waals surface area contributed by atoms with E-state index in [0.717, 1.165) is 12.8 Å². The van der Waals surface area contributed by atoms with Gasteiger partial charge in [-0.25, -0.2) is 0 Å². The monoisotopic (exact) mass is 293 g/mol. The minimum Gasteiger partial charge on any atom is -0.508 e. The van der Waals surface area contributed by atoms with E-state index in [0.29, 0.717) is 12.1 Å². The molecule has 1 aromatic rings. The first-order valence-corrected chi connectivity index (χ1v) is 7.91. The Hall–Kier alpha value is -1.71. The molecule has 0 aliphatic heterocycles. The fourth-order valence-corrected chi connectivity index (χ4v) is 2.26. The van der Waals surface area contributed by atoms with Crippen LogP contribution in [0.1, 0.15) is 57.4 Å². The highest BCUT2D eigenvalue weighted by Crippen LogP contribution is 2.22.